The van der Waals surface area contributed by atoms with Crippen LogP contribution >= 0.6 is 31.9 Å². The van der Waals surface area contributed by atoms with Crippen LogP contribution in [0.5, 0.6) is 0 Å². The number of ether oxygens (including phenoxy) is 2. The molecule has 5 heterocycles. The van der Waals surface area contributed by atoms with Crippen molar-refractivity contribution in [3.8, 4) is 0 Å². The largest absolute Gasteiger partial charge is 0.469 e. The number of fused-ring (bicyclic) bond motifs is 8. The maximum atomic E-state index is 12.2. The molecule has 2 aliphatic heterocycles. The molecule has 0 aliphatic carbocycles. The highest BCUT2D eigenvalue weighted by molar-refractivity contribution is 9.09. The average molecular weight is 753 g/mol. The maximum absolute atomic E-state index is 12.2. The predicted octanol–water partition coefficient (Wildman–Crippen LogP) is 8.57. The molecule has 0 amide bonds. The van der Waals surface area contributed by atoms with E-state index in [4.69, 9.17) is 19.4 Å². The van der Waals surface area contributed by atoms with E-state index < -0.39 is 0 Å². The van der Waals surface area contributed by atoms with Gasteiger partial charge < -0.3 is 19.4 Å². The van der Waals surface area contributed by atoms with Gasteiger partial charge in [-0.3, -0.25) is 9.59 Å². The molecule has 10 heteroatoms. The van der Waals surface area contributed by atoms with Gasteiger partial charge in [-0.1, -0.05) is 31.9 Å². The number of aromatic amines is 2. The van der Waals surface area contributed by atoms with Crippen molar-refractivity contribution in [3.63, 3.8) is 0 Å². The summed E-state index contributed by atoms with van der Waals surface area (Å²) in [6.07, 6.45) is 3.19. The number of carbonyl (C=O) groups excluding carboxylic acids is 2. The smallest absolute Gasteiger partial charge is 0.305 e. The third-order valence-corrected chi connectivity index (χ3v) is 9.90. The summed E-state index contributed by atoms with van der Waals surface area (Å²) in [7, 11) is 2.82. The van der Waals surface area contributed by atoms with Crippen molar-refractivity contribution >= 4 is 88.2 Å². The number of aryl methyl sites for hydroxylation is 4. The second-order valence-electron chi connectivity index (χ2n) is 11.7. The molecule has 0 atom stereocenters. The number of hydrogen-bond donors (Lipinski definition) is 2. The first-order chi connectivity index (χ1) is 22.1. The van der Waals surface area contributed by atoms with Crippen molar-refractivity contribution in [1.82, 2.24) is 19.9 Å². The number of rotatable bonds is 10. The fourth-order valence-corrected chi connectivity index (χ4v) is 7.13. The zero-order valence-electron chi connectivity index (χ0n) is 27.2. The number of alkyl halides is 2. The first-order valence-corrected chi connectivity index (χ1v) is 17.7. The van der Waals surface area contributed by atoms with E-state index in [1.54, 1.807) is 0 Å². The number of H-pyrrole nitrogens is 2. The number of allylic oxidation sites excluding steroid dienone is 4. The van der Waals surface area contributed by atoms with Gasteiger partial charge in [0.1, 0.15) is 0 Å². The number of hydrogen-bond acceptors (Lipinski definition) is 6. The van der Waals surface area contributed by atoms with Gasteiger partial charge >= 0.3 is 11.9 Å². The minimum absolute atomic E-state index is 0.247. The summed E-state index contributed by atoms with van der Waals surface area (Å²) < 4.78 is 9.95. The zero-order valence-corrected chi connectivity index (χ0v) is 30.4. The van der Waals surface area contributed by atoms with Crippen LogP contribution < -0.4 is 0 Å². The van der Waals surface area contributed by atoms with Crippen LogP contribution in [0, 0.1) is 13.8 Å². The van der Waals surface area contributed by atoms with Crippen molar-refractivity contribution in [2.24, 2.45) is 0 Å². The van der Waals surface area contributed by atoms with Gasteiger partial charge in [-0.15, -0.1) is 0 Å². The van der Waals surface area contributed by atoms with Gasteiger partial charge in [-0.05, 0) is 122 Å². The quantitative estimate of drug-likeness (QED) is 0.159. The van der Waals surface area contributed by atoms with Gasteiger partial charge in [-0.2, -0.15) is 0 Å². The van der Waals surface area contributed by atoms with Crippen LogP contribution in [0.4, 0.5) is 0 Å². The number of aromatic nitrogens is 4. The molecular weight excluding hydrogens is 712 g/mol. The third-order valence-electron chi connectivity index (χ3n) is 9.10. The molecule has 242 valence electrons. The Hall–Kier alpha value is -3.50. The van der Waals surface area contributed by atoms with E-state index in [0.717, 1.165) is 96.2 Å². The molecule has 8 bridgehead atoms. The van der Waals surface area contributed by atoms with Gasteiger partial charge in [-0.25, -0.2) is 9.97 Å². The fourth-order valence-electron chi connectivity index (χ4n) is 6.34. The number of halogens is 2. The summed E-state index contributed by atoms with van der Waals surface area (Å²) in [5, 5.41) is 1.65. The maximum Gasteiger partial charge on any atom is 0.305 e. The normalized spacial score (nSPS) is 13.0. The summed E-state index contributed by atoms with van der Waals surface area (Å²) in [5.74, 6) is -0.529. The molecule has 8 nitrogen and oxygen atoms in total. The predicted molar refractivity (Wildman–Crippen MR) is 193 cm³/mol. The van der Waals surface area contributed by atoms with Gasteiger partial charge in [0.15, 0.2) is 0 Å². The Kier molecular flexibility index (Phi) is 10.7. The van der Waals surface area contributed by atoms with Crippen LogP contribution in [0.25, 0.3) is 44.4 Å². The van der Waals surface area contributed by atoms with Crippen LogP contribution in [0.2, 0.25) is 0 Å². The van der Waals surface area contributed by atoms with Crippen molar-refractivity contribution in [2.75, 3.05) is 24.9 Å². The summed E-state index contributed by atoms with van der Waals surface area (Å²) in [4.78, 5) is 42.1. The molecule has 0 unspecified atom stereocenters. The zero-order chi connectivity index (χ0) is 33.1. The molecule has 0 aromatic carbocycles. The van der Waals surface area contributed by atoms with Gasteiger partial charge in [0, 0.05) is 45.6 Å². The Morgan fingerprint density at radius 1 is 0.609 bits per heavy atom. The molecule has 5 rings (SSSR count). The topological polar surface area (TPSA) is 110 Å². The number of esters is 2. The van der Waals surface area contributed by atoms with E-state index in [0.29, 0.717) is 12.8 Å². The molecule has 3 aromatic heterocycles. The van der Waals surface area contributed by atoms with Crippen LogP contribution in [0.1, 0.15) is 84.6 Å². The highest BCUT2D eigenvalue weighted by Gasteiger charge is 2.22. The van der Waals surface area contributed by atoms with Crippen LogP contribution in [0.3, 0.4) is 0 Å². The summed E-state index contributed by atoms with van der Waals surface area (Å²) in [5.41, 5.74) is 16.2. The lowest BCUT2D eigenvalue weighted by molar-refractivity contribution is -0.141. The Morgan fingerprint density at radius 3 is 1.52 bits per heavy atom. The van der Waals surface area contributed by atoms with Gasteiger partial charge in [0.05, 0.1) is 37.0 Å². The molecule has 2 aliphatic rings. The molecule has 0 saturated heterocycles. The van der Waals surface area contributed by atoms with E-state index in [2.05, 4.69) is 87.7 Å². The second-order valence-corrected chi connectivity index (χ2v) is 13.3. The highest BCUT2D eigenvalue weighted by atomic mass is 79.9. The highest BCUT2D eigenvalue weighted by Crippen LogP contribution is 2.37. The Balaban J connectivity index is 1.90. The number of nitrogens with zero attached hydrogens (tertiary/aromatic N) is 2. The first kappa shape index (κ1) is 33.9. The molecule has 46 heavy (non-hydrogen) atoms. The average Bonchev–Trinajstić information content (AvgIpc) is 3.69. The summed E-state index contributed by atoms with van der Waals surface area (Å²) in [6, 6.07) is 8.44. The van der Waals surface area contributed by atoms with E-state index in [-0.39, 0.29) is 24.8 Å². The lowest BCUT2D eigenvalue weighted by Gasteiger charge is -2.04. The van der Waals surface area contributed by atoms with E-state index >= 15 is 0 Å². The summed E-state index contributed by atoms with van der Waals surface area (Å²) in [6.45, 7) is 8.43. The van der Waals surface area contributed by atoms with Crippen molar-refractivity contribution in [3.05, 3.63) is 69.3 Å². The number of methoxy groups -OCH3 is 2. The first-order valence-electron chi connectivity index (χ1n) is 15.5. The lowest BCUT2D eigenvalue weighted by atomic mass is 10.00. The molecule has 2 N–H and O–H groups in total. The second kappa shape index (κ2) is 14.5. The van der Waals surface area contributed by atoms with Crippen molar-refractivity contribution in [1.29, 1.82) is 0 Å². The van der Waals surface area contributed by atoms with E-state index in [9.17, 15) is 9.59 Å². The van der Waals surface area contributed by atoms with Crippen LogP contribution in [-0.2, 0) is 31.9 Å². The summed E-state index contributed by atoms with van der Waals surface area (Å²) >= 11 is 7.30. The van der Waals surface area contributed by atoms with E-state index in [1.807, 2.05) is 6.07 Å². The fraction of sp³-hybridized carbons (Fsp3) is 0.389. The van der Waals surface area contributed by atoms with Gasteiger partial charge in [0.25, 0.3) is 0 Å². The molecule has 0 spiro atoms. The monoisotopic (exact) mass is 750 g/mol. The van der Waals surface area contributed by atoms with Crippen molar-refractivity contribution in [2.45, 2.75) is 66.2 Å². The Labute approximate surface area is 286 Å². The molecule has 0 fully saturated rings. The standard InChI is InChI=1S/C36H40Br2N4O4/c1-19-23(7-9-35(43)45-5)33-18-34-24(8-10-36(44)46-6)20(2)30(42-34)17-32-26(12-14-38)22(4)28(40-32)15-27-21(3)25(11-13-37)31(39-27)16-29(19)41-33/h15-18,39,42H,7-14H2,1-6H3. The minimum atomic E-state index is -0.266. The van der Waals surface area contributed by atoms with E-state index in [1.165, 1.54) is 30.9 Å². The lowest BCUT2D eigenvalue weighted by Crippen LogP contribution is -2.02. The van der Waals surface area contributed by atoms with Crippen molar-refractivity contribution < 1.29 is 19.1 Å². The minimum Gasteiger partial charge on any atom is -0.469 e. The van der Waals surface area contributed by atoms with Crippen LogP contribution in [-0.4, -0.2) is 56.8 Å². The number of nitrogens with one attached hydrogen (secondary N) is 2. The SMILES string of the molecule is COC(=O)CCC1=C(C)c2cc3[nH]c(cc4nc(cc5[nH]c(cc1n2)c(CCC(=O)OC)c5C)C(CCBr)=C4C)c(C)c3CCBr. The van der Waals surface area contributed by atoms with Crippen LogP contribution in [0.15, 0.2) is 24.3 Å². The Morgan fingerprint density at radius 2 is 1.02 bits per heavy atom. The molecule has 0 saturated carbocycles. The number of carbonyl (C=O) groups is 2. The molecule has 0 radical (unpaired) electrons. The Bertz CT molecular complexity index is 1930. The molecule has 3 aromatic rings. The third kappa shape index (κ3) is 6.79. The van der Waals surface area contributed by atoms with Gasteiger partial charge in [0.2, 0.25) is 0 Å². The molecular formula is C36H40Br2N4O4.